The molecule has 3 aliphatic heterocycles. The van der Waals surface area contributed by atoms with Gasteiger partial charge in [0.25, 0.3) is 11.8 Å². The number of likely N-dealkylation sites (N-methyl/N-ethyl adjacent to an activating group) is 1. The van der Waals surface area contributed by atoms with Crippen LogP contribution in [0.4, 0.5) is 5.69 Å². The number of carbonyl (C=O) groups excluding carboxylic acids is 4. The van der Waals surface area contributed by atoms with Crippen molar-refractivity contribution in [3.63, 3.8) is 0 Å². The largest absolute Gasteiger partial charge is 0.380 e. The van der Waals surface area contributed by atoms with Crippen molar-refractivity contribution < 1.29 is 19.2 Å². The van der Waals surface area contributed by atoms with Gasteiger partial charge in [-0.2, -0.15) is 5.10 Å². The fraction of sp³-hybridized carbons (Fsp3) is 0.409. The summed E-state index contributed by atoms with van der Waals surface area (Å²) in [7, 11) is 2.10. The monoisotopic (exact) mass is 436 g/mol. The van der Waals surface area contributed by atoms with Gasteiger partial charge >= 0.3 is 0 Å². The summed E-state index contributed by atoms with van der Waals surface area (Å²) in [6, 6.07) is 4.42. The first-order chi connectivity index (χ1) is 15.4. The van der Waals surface area contributed by atoms with Crippen molar-refractivity contribution in [2.45, 2.75) is 37.9 Å². The Kier molecular flexibility index (Phi) is 5.01. The molecule has 2 aromatic rings. The van der Waals surface area contributed by atoms with E-state index in [2.05, 4.69) is 27.7 Å². The molecule has 0 radical (unpaired) electrons. The average Bonchev–Trinajstić information content (AvgIpc) is 3.47. The highest BCUT2D eigenvalue weighted by atomic mass is 16.2. The van der Waals surface area contributed by atoms with E-state index >= 15 is 0 Å². The van der Waals surface area contributed by atoms with E-state index in [4.69, 9.17) is 0 Å². The lowest BCUT2D eigenvalue weighted by Crippen LogP contribution is -2.54. The smallest absolute Gasteiger partial charge is 0.264 e. The highest BCUT2D eigenvalue weighted by molar-refractivity contribution is 6.25. The third kappa shape index (κ3) is 3.46. The number of nitrogens with zero attached hydrogens (tertiary/aromatic N) is 4. The fourth-order valence-electron chi connectivity index (χ4n) is 4.66. The zero-order valence-corrected chi connectivity index (χ0v) is 17.7. The van der Waals surface area contributed by atoms with Crippen LogP contribution in [0.1, 0.15) is 51.6 Å². The molecule has 0 saturated carbocycles. The highest BCUT2D eigenvalue weighted by Crippen LogP contribution is 2.32. The molecule has 2 saturated heterocycles. The van der Waals surface area contributed by atoms with Crippen molar-refractivity contribution >= 4 is 29.3 Å². The summed E-state index contributed by atoms with van der Waals surface area (Å²) in [5.74, 6) is -2.04. The van der Waals surface area contributed by atoms with Crippen LogP contribution in [0.5, 0.6) is 0 Å². The third-order valence-corrected chi connectivity index (χ3v) is 6.35. The Morgan fingerprint density at radius 1 is 1.16 bits per heavy atom. The van der Waals surface area contributed by atoms with Gasteiger partial charge in [0, 0.05) is 37.0 Å². The molecule has 5 rings (SSSR count). The molecule has 10 nitrogen and oxygen atoms in total. The molecule has 4 amide bonds. The van der Waals surface area contributed by atoms with Crippen LogP contribution in [0.15, 0.2) is 30.6 Å². The Morgan fingerprint density at radius 3 is 2.75 bits per heavy atom. The number of benzene rings is 1. The number of hydrogen-bond acceptors (Lipinski definition) is 7. The van der Waals surface area contributed by atoms with Crippen LogP contribution in [-0.4, -0.2) is 69.4 Å². The molecule has 1 aromatic heterocycles. The molecule has 10 heteroatoms. The lowest BCUT2D eigenvalue weighted by Gasteiger charge is -2.27. The highest BCUT2D eigenvalue weighted by Gasteiger charge is 2.45. The molecule has 0 spiro atoms. The van der Waals surface area contributed by atoms with E-state index in [1.54, 1.807) is 24.4 Å². The zero-order chi connectivity index (χ0) is 22.4. The molecule has 0 aliphatic carbocycles. The number of rotatable bonds is 5. The minimum Gasteiger partial charge on any atom is -0.380 e. The van der Waals surface area contributed by atoms with Gasteiger partial charge in [0.2, 0.25) is 11.8 Å². The van der Waals surface area contributed by atoms with Crippen LogP contribution in [-0.2, 0) is 16.1 Å². The van der Waals surface area contributed by atoms with Crippen molar-refractivity contribution in [2.24, 2.45) is 0 Å². The molecule has 3 aliphatic rings. The molecule has 2 N–H and O–H groups in total. The summed E-state index contributed by atoms with van der Waals surface area (Å²) in [4.78, 5) is 53.0. The summed E-state index contributed by atoms with van der Waals surface area (Å²) in [5.41, 5.74) is 2.02. The van der Waals surface area contributed by atoms with Gasteiger partial charge in [0.1, 0.15) is 6.04 Å². The number of piperidine rings is 1. The number of nitrogens with one attached hydrogen (secondary N) is 2. The Balaban J connectivity index is 1.33. The van der Waals surface area contributed by atoms with Gasteiger partial charge in [-0.05, 0) is 38.6 Å². The first-order valence-corrected chi connectivity index (χ1v) is 10.7. The van der Waals surface area contributed by atoms with Crippen molar-refractivity contribution in [2.75, 3.05) is 25.5 Å². The van der Waals surface area contributed by atoms with Gasteiger partial charge in [0.05, 0.1) is 23.4 Å². The molecule has 166 valence electrons. The quantitative estimate of drug-likeness (QED) is 0.665. The summed E-state index contributed by atoms with van der Waals surface area (Å²) in [5, 5.41) is 9.94. The molecule has 0 bridgehead atoms. The normalized spacial score (nSPS) is 23.6. The number of anilines is 1. The van der Waals surface area contributed by atoms with Crippen molar-refractivity contribution in [1.29, 1.82) is 0 Å². The SMILES string of the molecule is CN1CCC(n2cc(CNc3cccc4c3C(=O)N(C3CCC(=O)NC3=O)C4=O)cn2)C1. The van der Waals surface area contributed by atoms with Crippen LogP contribution in [0.2, 0.25) is 0 Å². The van der Waals surface area contributed by atoms with Crippen molar-refractivity contribution in [3.8, 4) is 0 Å². The second-order valence-corrected chi connectivity index (χ2v) is 8.56. The Bertz CT molecular complexity index is 1130. The van der Waals surface area contributed by atoms with Crippen LogP contribution in [0.3, 0.4) is 0 Å². The van der Waals surface area contributed by atoms with Gasteiger partial charge in [-0.25, -0.2) is 0 Å². The Labute approximate surface area is 184 Å². The molecule has 32 heavy (non-hydrogen) atoms. The van der Waals surface area contributed by atoms with E-state index in [-0.39, 0.29) is 24.0 Å². The fourth-order valence-corrected chi connectivity index (χ4v) is 4.66. The first kappa shape index (κ1) is 20.4. The average molecular weight is 436 g/mol. The zero-order valence-electron chi connectivity index (χ0n) is 17.7. The first-order valence-electron chi connectivity index (χ1n) is 10.7. The van der Waals surface area contributed by atoms with Crippen LogP contribution >= 0.6 is 0 Å². The van der Waals surface area contributed by atoms with Crippen LogP contribution < -0.4 is 10.6 Å². The van der Waals surface area contributed by atoms with Gasteiger partial charge in [-0.15, -0.1) is 0 Å². The summed E-state index contributed by atoms with van der Waals surface area (Å²) >= 11 is 0. The maximum atomic E-state index is 13.2. The molecule has 2 fully saturated rings. The number of fused-ring (bicyclic) bond motifs is 1. The van der Waals surface area contributed by atoms with Crippen LogP contribution in [0, 0.1) is 0 Å². The summed E-state index contributed by atoms with van der Waals surface area (Å²) in [6.07, 6.45) is 5.09. The van der Waals surface area contributed by atoms with Gasteiger partial charge < -0.3 is 10.2 Å². The lowest BCUT2D eigenvalue weighted by atomic mass is 10.0. The van der Waals surface area contributed by atoms with Crippen LogP contribution in [0.25, 0.3) is 0 Å². The summed E-state index contributed by atoms with van der Waals surface area (Å²) < 4.78 is 1.98. The van der Waals surface area contributed by atoms with E-state index in [9.17, 15) is 19.2 Å². The van der Waals surface area contributed by atoms with E-state index in [0.717, 1.165) is 30.0 Å². The number of hydrogen-bond donors (Lipinski definition) is 2. The van der Waals surface area contributed by atoms with E-state index < -0.39 is 29.7 Å². The topological polar surface area (TPSA) is 117 Å². The molecular weight excluding hydrogens is 412 g/mol. The second-order valence-electron chi connectivity index (χ2n) is 8.56. The molecule has 2 unspecified atom stereocenters. The van der Waals surface area contributed by atoms with Gasteiger partial charge in [-0.1, -0.05) is 6.07 Å². The van der Waals surface area contributed by atoms with Gasteiger partial charge in [-0.3, -0.25) is 34.1 Å². The molecule has 1 aromatic carbocycles. The molecular formula is C22H24N6O4. The van der Waals surface area contributed by atoms with E-state index in [1.165, 1.54) is 0 Å². The number of carbonyl (C=O) groups is 4. The minimum absolute atomic E-state index is 0.0930. The van der Waals surface area contributed by atoms with Crippen molar-refractivity contribution in [1.82, 2.24) is 24.9 Å². The second kappa shape index (κ2) is 7.86. The van der Waals surface area contributed by atoms with E-state index in [1.807, 2.05) is 10.9 Å². The maximum absolute atomic E-state index is 13.2. The Hall–Kier alpha value is -3.53. The van der Waals surface area contributed by atoms with Crippen molar-refractivity contribution in [3.05, 3.63) is 47.3 Å². The Morgan fingerprint density at radius 2 is 2.00 bits per heavy atom. The molecule has 2 atom stereocenters. The summed E-state index contributed by atoms with van der Waals surface area (Å²) in [6.45, 7) is 2.46. The standard InChI is InChI=1S/C22H24N6O4/c1-26-8-7-14(12-26)27-11-13(10-24-27)9-23-16-4-2-3-15-19(16)22(32)28(21(15)31)17-5-6-18(29)25-20(17)30/h2-4,10-11,14,17,23H,5-9,12H2,1H3,(H,25,29,30). The number of aromatic nitrogens is 2. The predicted molar refractivity (Wildman–Crippen MR) is 114 cm³/mol. The minimum atomic E-state index is -0.976. The van der Waals surface area contributed by atoms with Gasteiger partial charge in [0.15, 0.2) is 0 Å². The maximum Gasteiger partial charge on any atom is 0.264 e. The number of likely N-dealkylation sites (tertiary alicyclic amines) is 1. The lowest BCUT2D eigenvalue weighted by molar-refractivity contribution is -0.136. The number of amides is 4. The third-order valence-electron chi connectivity index (χ3n) is 6.35. The molecule has 4 heterocycles. The predicted octanol–water partition coefficient (Wildman–Crippen LogP) is 0.773. The number of imide groups is 2. The van der Waals surface area contributed by atoms with E-state index in [0.29, 0.717) is 18.3 Å².